The van der Waals surface area contributed by atoms with Gasteiger partial charge in [-0.2, -0.15) is 0 Å². The van der Waals surface area contributed by atoms with Crippen LogP contribution in [0.2, 0.25) is 0 Å². The maximum atomic E-state index is 14.2. The topological polar surface area (TPSA) is 57.6 Å². The first kappa shape index (κ1) is 14.9. The number of benzene rings is 1. The quantitative estimate of drug-likeness (QED) is 0.689. The molecular weight excluding hydrogens is 299 g/mol. The molecule has 0 saturated heterocycles. The lowest BCUT2D eigenvalue weighted by Crippen LogP contribution is -2.48. The molecule has 0 spiro atoms. The molecule has 1 heterocycles. The number of nitrogens with zero attached hydrogens (tertiary/aromatic N) is 1. The first-order chi connectivity index (χ1) is 10.4. The average Bonchev–Trinajstić information content (AvgIpc) is 3.28. The summed E-state index contributed by atoms with van der Waals surface area (Å²) in [6.45, 7) is 1.63. The highest BCUT2D eigenvalue weighted by atomic mass is 19.2. The Morgan fingerprint density at radius 3 is 2.45 bits per heavy atom. The van der Waals surface area contributed by atoms with Crippen molar-refractivity contribution in [2.45, 2.75) is 38.1 Å². The van der Waals surface area contributed by atoms with Crippen molar-refractivity contribution in [3.8, 4) is 0 Å². The van der Waals surface area contributed by atoms with Gasteiger partial charge in [0, 0.05) is 12.0 Å². The highest BCUT2D eigenvalue weighted by Gasteiger charge is 2.50. The maximum Gasteiger partial charge on any atom is 0.316 e. The number of hydrogen-bond acceptors (Lipinski definition) is 2. The van der Waals surface area contributed by atoms with Crippen molar-refractivity contribution in [2.75, 3.05) is 4.90 Å². The van der Waals surface area contributed by atoms with E-state index in [9.17, 15) is 27.9 Å². The number of halogens is 3. The fourth-order valence-corrected chi connectivity index (χ4v) is 3.17. The minimum Gasteiger partial charge on any atom is -0.481 e. The van der Waals surface area contributed by atoms with Gasteiger partial charge in [0.1, 0.15) is 5.92 Å². The summed E-state index contributed by atoms with van der Waals surface area (Å²) in [4.78, 5) is 25.0. The number of amides is 1. The molecule has 1 fully saturated rings. The SMILES string of the molecule is CCC1c2cc(F)c(F)c(F)c2N(C2CC2)C(=O)C1C(=O)O. The predicted octanol–water partition coefficient (Wildman–Crippen LogP) is 2.81. The van der Waals surface area contributed by atoms with E-state index in [4.69, 9.17) is 0 Å². The molecule has 1 aliphatic carbocycles. The highest BCUT2D eigenvalue weighted by molar-refractivity contribution is 6.09. The van der Waals surface area contributed by atoms with Gasteiger partial charge in [-0.1, -0.05) is 6.92 Å². The van der Waals surface area contributed by atoms with Crippen LogP contribution in [0.5, 0.6) is 0 Å². The standard InChI is InChI=1S/C15H14F3NO3/c1-2-7-8-5-9(16)11(17)12(18)13(8)19(6-3-4-6)14(20)10(7)15(21)22/h5-7,10H,2-4H2,1H3,(H,21,22). The summed E-state index contributed by atoms with van der Waals surface area (Å²) in [5.41, 5.74) is -0.242. The fraction of sp³-hybridized carbons (Fsp3) is 0.467. The van der Waals surface area contributed by atoms with Gasteiger partial charge in [-0.05, 0) is 30.9 Å². The van der Waals surface area contributed by atoms with Gasteiger partial charge in [0.05, 0.1) is 5.69 Å². The molecule has 118 valence electrons. The molecule has 22 heavy (non-hydrogen) atoms. The lowest BCUT2D eigenvalue weighted by molar-refractivity contribution is -0.147. The Kier molecular flexibility index (Phi) is 3.38. The number of carboxylic acid groups (broad SMARTS) is 1. The maximum absolute atomic E-state index is 14.2. The van der Waals surface area contributed by atoms with Crippen LogP contribution in [0.4, 0.5) is 18.9 Å². The van der Waals surface area contributed by atoms with Crippen LogP contribution in [-0.4, -0.2) is 23.0 Å². The number of carbonyl (C=O) groups excluding carboxylic acids is 1. The normalized spacial score (nSPS) is 24.4. The molecule has 0 aromatic heterocycles. The summed E-state index contributed by atoms with van der Waals surface area (Å²) in [7, 11) is 0. The Morgan fingerprint density at radius 2 is 1.95 bits per heavy atom. The van der Waals surface area contributed by atoms with Gasteiger partial charge >= 0.3 is 5.97 Å². The second-order valence-corrected chi connectivity index (χ2v) is 5.69. The van der Waals surface area contributed by atoms with Gasteiger partial charge in [-0.15, -0.1) is 0 Å². The molecule has 7 heteroatoms. The largest absolute Gasteiger partial charge is 0.481 e. The zero-order valence-electron chi connectivity index (χ0n) is 11.8. The van der Waals surface area contributed by atoms with Crippen molar-refractivity contribution in [3.05, 3.63) is 29.1 Å². The van der Waals surface area contributed by atoms with Crippen LogP contribution in [0.3, 0.4) is 0 Å². The fourth-order valence-electron chi connectivity index (χ4n) is 3.17. The van der Waals surface area contributed by atoms with Gasteiger partial charge in [0.25, 0.3) is 0 Å². The van der Waals surface area contributed by atoms with E-state index >= 15 is 0 Å². The number of aliphatic carboxylic acids is 1. The van der Waals surface area contributed by atoms with Crippen LogP contribution in [0.1, 0.15) is 37.7 Å². The van der Waals surface area contributed by atoms with Crippen molar-refractivity contribution in [3.63, 3.8) is 0 Å². The minimum absolute atomic E-state index is 0.0535. The van der Waals surface area contributed by atoms with Crippen LogP contribution in [0.15, 0.2) is 6.07 Å². The molecular formula is C15H14F3NO3. The molecule has 1 saturated carbocycles. The molecule has 3 rings (SSSR count). The van der Waals surface area contributed by atoms with Gasteiger partial charge < -0.3 is 10.0 Å². The highest BCUT2D eigenvalue weighted by Crippen LogP contribution is 2.47. The second-order valence-electron chi connectivity index (χ2n) is 5.69. The first-order valence-electron chi connectivity index (χ1n) is 7.11. The summed E-state index contributed by atoms with van der Waals surface area (Å²) in [5.74, 6) is -8.79. The van der Waals surface area contributed by atoms with Crippen molar-refractivity contribution in [1.82, 2.24) is 0 Å². The summed E-state index contributed by atoms with van der Waals surface area (Å²) < 4.78 is 41.4. The van der Waals surface area contributed by atoms with Crippen LogP contribution >= 0.6 is 0 Å². The Bertz CT molecular complexity index is 672. The lowest BCUT2D eigenvalue weighted by Gasteiger charge is -2.38. The zero-order valence-corrected chi connectivity index (χ0v) is 11.8. The molecule has 2 unspecified atom stereocenters. The number of rotatable bonds is 3. The minimum atomic E-state index is -1.64. The number of anilines is 1. The summed E-state index contributed by atoms with van der Waals surface area (Å²) in [6.07, 6.45) is 1.39. The predicted molar refractivity (Wildman–Crippen MR) is 71.0 cm³/mol. The van der Waals surface area contributed by atoms with E-state index in [1.165, 1.54) is 0 Å². The third-order valence-corrected chi connectivity index (χ3v) is 4.33. The molecule has 2 aliphatic rings. The molecule has 1 aromatic rings. The number of carbonyl (C=O) groups is 2. The average molecular weight is 313 g/mol. The Balaban J connectivity index is 2.27. The van der Waals surface area contributed by atoms with Crippen molar-refractivity contribution < 1.29 is 27.9 Å². The van der Waals surface area contributed by atoms with E-state index in [1.54, 1.807) is 6.92 Å². The molecule has 1 aromatic carbocycles. The number of fused-ring (bicyclic) bond motifs is 1. The molecule has 2 atom stereocenters. The van der Waals surface area contributed by atoms with Crippen LogP contribution < -0.4 is 4.90 Å². The number of carboxylic acids is 1. The monoisotopic (exact) mass is 313 g/mol. The zero-order chi connectivity index (χ0) is 16.2. The Labute approximate surface area is 124 Å². The second kappa shape index (κ2) is 5.00. The van der Waals surface area contributed by atoms with Gasteiger partial charge in [0.2, 0.25) is 5.91 Å². The van der Waals surface area contributed by atoms with Crippen molar-refractivity contribution in [1.29, 1.82) is 0 Å². The van der Waals surface area contributed by atoms with Crippen LogP contribution in [0.25, 0.3) is 0 Å². The lowest BCUT2D eigenvalue weighted by atomic mass is 9.78. The third-order valence-electron chi connectivity index (χ3n) is 4.33. The molecule has 0 radical (unpaired) electrons. The smallest absolute Gasteiger partial charge is 0.316 e. The molecule has 0 bridgehead atoms. The van der Waals surface area contributed by atoms with Gasteiger partial charge in [-0.3, -0.25) is 9.59 Å². The Hall–Kier alpha value is -2.05. The van der Waals surface area contributed by atoms with Crippen LogP contribution in [-0.2, 0) is 9.59 Å². The third kappa shape index (κ3) is 1.99. The molecule has 1 N–H and O–H groups in total. The van der Waals surface area contributed by atoms with E-state index in [1.807, 2.05) is 0 Å². The summed E-state index contributed by atoms with van der Waals surface area (Å²) >= 11 is 0. The van der Waals surface area contributed by atoms with Crippen molar-refractivity contribution in [2.24, 2.45) is 5.92 Å². The van der Waals surface area contributed by atoms with E-state index in [0.717, 1.165) is 11.0 Å². The first-order valence-corrected chi connectivity index (χ1v) is 7.11. The molecule has 1 amide bonds. The van der Waals surface area contributed by atoms with E-state index in [0.29, 0.717) is 12.8 Å². The van der Waals surface area contributed by atoms with Crippen LogP contribution in [0, 0.1) is 23.4 Å². The van der Waals surface area contributed by atoms with Gasteiger partial charge in [-0.25, -0.2) is 13.2 Å². The van der Waals surface area contributed by atoms with Gasteiger partial charge in [0.15, 0.2) is 17.5 Å². The Morgan fingerprint density at radius 1 is 1.32 bits per heavy atom. The summed E-state index contributed by atoms with van der Waals surface area (Å²) in [5, 5.41) is 9.34. The van der Waals surface area contributed by atoms with E-state index in [-0.39, 0.29) is 23.7 Å². The summed E-state index contributed by atoms with van der Waals surface area (Å²) in [6, 6.07) is 0.477. The van der Waals surface area contributed by atoms with E-state index in [2.05, 4.69) is 0 Å². The molecule has 1 aliphatic heterocycles. The number of hydrogen-bond donors (Lipinski definition) is 1. The molecule has 4 nitrogen and oxygen atoms in total. The van der Waals surface area contributed by atoms with Crippen molar-refractivity contribution >= 4 is 17.6 Å². The van der Waals surface area contributed by atoms with E-state index < -0.39 is 41.2 Å².